The molecule has 0 aromatic heterocycles. The van der Waals surface area contributed by atoms with Crippen molar-refractivity contribution in [2.75, 3.05) is 0 Å². The van der Waals surface area contributed by atoms with Crippen molar-refractivity contribution in [3.63, 3.8) is 0 Å². The van der Waals surface area contributed by atoms with E-state index in [9.17, 15) is 0 Å². The zero-order valence-electron chi connectivity index (χ0n) is 32.4. The fraction of sp³-hybridized carbons (Fsp3) is 0.196. The first-order valence-electron chi connectivity index (χ1n) is 19.4. The van der Waals surface area contributed by atoms with E-state index < -0.39 is 18.3 Å². The summed E-state index contributed by atoms with van der Waals surface area (Å²) >= 11 is 8.82. The van der Waals surface area contributed by atoms with Crippen LogP contribution in [0.4, 0.5) is 0 Å². The molecule has 286 valence electrons. The van der Waals surface area contributed by atoms with Crippen molar-refractivity contribution in [1.29, 1.82) is 0 Å². The van der Waals surface area contributed by atoms with E-state index >= 15 is 0 Å². The van der Waals surface area contributed by atoms with Gasteiger partial charge >= 0.3 is 335 Å². The molecule has 0 bridgehead atoms. The third-order valence-electron chi connectivity index (χ3n) is 12.4. The Morgan fingerprint density at radius 1 is 0.679 bits per heavy atom. The molecule has 0 saturated carbocycles. The molecule has 6 aromatic carbocycles. The Hall–Kier alpha value is -3.29. The first-order chi connectivity index (χ1) is 26.1. The Balaban J connectivity index is 0.00000266. The maximum atomic E-state index is 6.80. The van der Waals surface area contributed by atoms with Gasteiger partial charge in [-0.15, -0.1) is 24.8 Å². The van der Waals surface area contributed by atoms with Crippen molar-refractivity contribution in [3.8, 4) is 22.3 Å². The van der Waals surface area contributed by atoms with Crippen molar-refractivity contribution < 1.29 is 18.3 Å². The summed E-state index contributed by atoms with van der Waals surface area (Å²) in [4.78, 5) is 0. The van der Waals surface area contributed by atoms with E-state index in [-0.39, 0.29) is 24.8 Å². The number of hydrogen-bond donors (Lipinski definition) is 0. The van der Waals surface area contributed by atoms with Gasteiger partial charge in [0.05, 0.1) is 0 Å². The molecule has 0 N–H and O–H groups in total. The van der Waals surface area contributed by atoms with Crippen LogP contribution in [-0.2, 0) is 39.4 Å². The molecule has 0 saturated heterocycles. The summed E-state index contributed by atoms with van der Waals surface area (Å²) in [5, 5.41) is 1.55. The summed E-state index contributed by atoms with van der Waals surface area (Å²) in [5.41, 5.74) is 14.9. The van der Waals surface area contributed by atoms with Gasteiger partial charge in [-0.25, -0.2) is 0 Å². The number of fused-ring (bicyclic) bond motifs is 3. The van der Waals surface area contributed by atoms with Crippen LogP contribution >= 0.6 is 48.0 Å². The molecule has 0 amide bonds. The van der Waals surface area contributed by atoms with Gasteiger partial charge < -0.3 is 0 Å². The summed E-state index contributed by atoms with van der Waals surface area (Å²) in [7, 11) is 0. The molecule has 5 heteroatoms. The summed E-state index contributed by atoms with van der Waals surface area (Å²) in [6, 6.07) is 49.0. The zero-order chi connectivity index (χ0) is 37.5. The van der Waals surface area contributed by atoms with Gasteiger partial charge in [-0.3, -0.25) is 0 Å². The molecule has 56 heavy (non-hydrogen) atoms. The molecule has 8 rings (SSSR count). The molecule has 2 aliphatic carbocycles. The Bertz CT molecular complexity index is 2440. The van der Waals surface area contributed by atoms with Crippen molar-refractivity contribution in [2.24, 2.45) is 5.92 Å². The minimum absolute atomic E-state index is 0. The average molecular weight is 896 g/mol. The van der Waals surface area contributed by atoms with Gasteiger partial charge in [0.25, 0.3) is 0 Å². The molecule has 1 atom stereocenters. The molecule has 0 heterocycles. The van der Waals surface area contributed by atoms with Crippen LogP contribution in [0.3, 0.4) is 0 Å². The third kappa shape index (κ3) is 8.06. The van der Waals surface area contributed by atoms with Gasteiger partial charge in [-0.2, -0.15) is 0 Å². The van der Waals surface area contributed by atoms with Crippen LogP contribution in [0.5, 0.6) is 0 Å². The molecule has 6 aromatic rings. The van der Waals surface area contributed by atoms with Crippen LogP contribution in [-0.4, -0.2) is 4.21 Å². The van der Waals surface area contributed by atoms with Crippen molar-refractivity contribution >= 4 is 55.5 Å². The van der Waals surface area contributed by atoms with Crippen LogP contribution in [0.2, 0.25) is 10.0 Å². The van der Waals surface area contributed by atoms with E-state index in [1.165, 1.54) is 64.5 Å². The fourth-order valence-electron chi connectivity index (χ4n) is 9.90. The normalized spacial score (nSPS) is 13.7. The number of hydrogen-bond acceptors (Lipinski definition) is 0. The van der Waals surface area contributed by atoms with E-state index in [4.69, 9.17) is 27.4 Å². The molecule has 0 nitrogen and oxygen atoms in total. The van der Waals surface area contributed by atoms with Gasteiger partial charge in [-0.1, -0.05) is 0 Å². The summed E-state index contributed by atoms with van der Waals surface area (Å²) in [5.74, 6) is 0.819. The van der Waals surface area contributed by atoms with Crippen molar-refractivity contribution in [3.05, 3.63) is 204 Å². The second-order valence-electron chi connectivity index (χ2n) is 16.3. The van der Waals surface area contributed by atoms with Crippen LogP contribution in [0.1, 0.15) is 65.1 Å². The van der Waals surface area contributed by atoms with E-state index in [1.807, 2.05) is 12.1 Å². The van der Waals surface area contributed by atoms with Gasteiger partial charge in [0.15, 0.2) is 0 Å². The van der Waals surface area contributed by atoms with Crippen LogP contribution < -0.4 is 3.27 Å². The van der Waals surface area contributed by atoms with E-state index in [2.05, 4.69) is 160 Å². The molecule has 0 spiro atoms. The Morgan fingerprint density at radius 2 is 1.30 bits per heavy atom. The molecular weight excluding hydrogens is 846 g/mol. The minimum atomic E-state index is -4.78. The Morgan fingerprint density at radius 3 is 1.88 bits per heavy atom. The predicted molar refractivity (Wildman–Crippen MR) is 246 cm³/mol. The third-order valence-corrected chi connectivity index (χ3v) is 28.8. The first kappa shape index (κ1) is 42.3. The number of halogens is 4. The van der Waals surface area contributed by atoms with E-state index in [0.29, 0.717) is 11.8 Å². The van der Waals surface area contributed by atoms with Crippen LogP contribution in [0.25, 0.3) is 22.3 Å². The van der Waals surface area contributed by atoms with Crippen molar-refractivity contribution in [1.82, 2.24) is 0 Å². The van der Waals surface area contributed by atoms with Crippen LogP contribution in [0.15, 0.2) is 155 Å². The zero-order valence-corrected chi connectivity index (χ0v) is 38.0. The Labute approximate surface area is 357 Å². The average Bonchev–Trinajstić information content (AvgIpc) is 3.84. The fourth-order valence-corrected chi connectivity index (χ4v) is 27.3. The first-order valence-corrected chi connectivity index (χ1v) is 27.8. The predicted octanol–water partition coefficient (Wildman–Crippen LogP) is 14.4. The standard InChI is InChI=1S/C31H29.2C7H6Cl.C5H5.CH2.2ClH.Zr/c1-21(2)29(24-10-6-4-7-11-24)18-23-14-15-28-26(17-23)19-27-20-30(22(3)16-31(27)28)25-12-8-5-9-13-25;2*1-6-3-2-4-7(8)5-6;1-2-4-5-3-1;;;;/h4-16,20-21,29H,18-19H2,1-3H3;2*2-5H,1H2;1-3H,4H2;1H2;2*1H;. The SMILES string of the molecule is Cl.Cl.[CH2]=[Zr]([CH2]c1cccc(Cl)c1)([CH2]c1cccc(Cl)c1)([C]1=CC=CC1)[c]1c(CC(c2ccccc2)C(C)C)ccc2c1Cc1cc(-c3ccccc3)c(C)cc1-2. The second kappa shape index (κ2) is 17.3. The second-order valence-corrected chi connectivity index (χ2v) is 31.3. The topological polar surface area (TPSA) is 0 Å². The molecule has 0 fully saturated rings. The summed E-state index contributed by atoms with van der Waals surface area (Å²) < 4.78 is 10.7. The number of rotatable bonds is 11. The van der Waals surface area contributed by atoms with Crippen LogP contribution in [0, 0.1) is 12.8 Å². The molecule has 0 aliphatic heterocycles. The summed E-state index contributed by atoms with van der Waals surface area (Å²) in [6.45, 7) is 7.03. The van der Waals surface area contributed by atoms with Gasteiger partial charge in [0, 0.05) is 0 Å². The van der Waals surface area contributed by atoms with E-state index in [0.717, 1.165) is 37.6 Å². The van der Waals surface area contributed by atoms with Gasteiger partial charge in [0.1, 0.15) is 0 Å². The molecule has 0 radical (unpaired) electrons. The summed E-state index contributed by atoms with van der Waals surface area (Å²) in [6.07, 6.45) is 9.84. The number of aryl methyl sites for hydroxylation is 1. The molecule has 2 aliphatic rings. The monoisotopic (exact) mass is 892 g/mol. The molecular formula is C51H50Cl4Zr. The number of benzene rings is 6. The quantitative estimate of drug-likeness (QED) is 0.121. The van der Waals surface area contributed by atoms with Gasteiger partial charge in [0.2, 0.25) is 0 Å². The molecule has 1 unspecified atom stereocenters. The number of allylic oxidation sites excluding steroid dienone is 4. The Kier molecular flexibility index (Phi) is 13.1. The van der Waals surface area contributed by atoms with E-state index in [1.54, 1.807) is 3.27 Å². The maximum absolute atomic E-state index is 6.80. The van der Waals surface area contributed by atoms with Crippen molar-refractivity contribution in [2.45, 2.75) is 54.2 Å². The van der Waals surface area contributed by atoms with Gasteiger partial charge in [-0.05, 0) is 0 Å².